The van der Waals surface area contributed by atoms with E-state index in [0.717, 1.165) is 0 Å². The Kier molecular flexibility index (Phi) is 9.11. The molecule has 0 aromatic rings. The first-order valence-electron chi connectivity index (χ1n) is 5.79. The van der Waals surface area contributed by atoms with E-state index in [0.29, 0.717) is 12.8 Å². The van der Waals surface area contributed by atoms with E-state index in [1.807, 2.05) is 0 Å². The van der Waals surface area contributed by atoms with Gasteiger partial charge in [-0.15, -0.1) is 0 Å². The minimum atomic E-state index is -0.773. The Morgan fingerprint density at radius 1 is 0.833 bits per heavy atom. The second-order valence-corrected chi connectivity index (χ2v) is 3.74. The molecule has 8 nitrogen and oxygen atoms in total. The van der Waals surface area contributed by atoms with Gasteiger partial charge in [-0.2, -0.15) is 0 Å². The molecule has 2 atom stereocenters. The molecule has 0 fully saturated rings. The topological polar surface area (TPSA) is 157 Å². The van der Waals surface area contributed by atoms with Crippen LogP contribution >= 0.6 is 0 Å². The molecule has 0 amide bonds. The molecule has 106 valence electrons. The van der Waals surface area contributed by atoms with Gasteiger partial charge in [-0.1, -0.05) is 0 Å². The molecular formula is C10H22N4O4. The van der Waals surface area contributed by atoms with Crippen LogP contribution in [-0.4, -0.2) is 37.5 Å². The van der Waals surface area contributed by atoms with Crippen molar-refractivity contribution >= 4 is 11.9 Å². The van der Waals surface area contributed by atoms with Crippen molar-refractivity contribution in [3.63, 3.8) is 0 Å². The normalized spacial score (nSPS) is 13.8. The Morgan fingerprint density at radius 3 is 1.44 bits per heavy atom. The molecular weight excluding hydrogens is 240 g/mol. The summed E-state index contributed by atoms with van der Waals surface area (Å²) in [6.45, 7) is 0.157. The number of ether oxygens (including phenoxy) is 2. The lowest BCUT2D eigenvalue weighted by Gasteiger charge is -2.11. The summed E-state index contributed by atoms with van der Waals surface area (Å²) in [6, 6.07) is 0. The summed E-state index contributed by atoms with van der Waals surface area (Å²) in [4.78, 5) is 22.3. The van der Waals surface area contributed by atoms with Crippen molar-refractivity contribution < 1.29 is 19.1 Å². The van der Waals surface area contributed by atoms with Crippen molar-refractivity contribution in [3.05, 3.63) is 0 Å². The fourth-order valence-electron chi connectivity index (χ4n) is 1.09. The maximum atomic E-state index is 11.2. The molecule has 0 rings (SSSR count). The molecule has 0 aliphatic rings. The summed E-state index contributed by atoms with van der Waals surface area (Å²) in [6.07, 6.45) is -0.171. The van der Waals surface area contributed by atoms with Crippen LogP contribution in [0.1, 0.15) is 25.7 Å². The second kappa shape index (κ2) is 9.77. The van der Waals surface area contributed by atoms with Crippen LogP contribution in [0.15, 0.2) is 0 Å². The summed E-state index contributed by atoms with van der Waals surface area (Å²) in [7, 11) is 0. The molecule has 0 aliphatic carbocycles. The SMILES string of the molecule is NCC(N)OC(=O)CCCCC(=O)OC(N)CN. The zero-order valence-electron chi connectivity index (χ0n) is 10.3. The summed E-state index contributed by atoms with van der Waals surface area (Å²) in [5.41, 5.74) is 21.0. The lowest BCUT2D eigenvalue weighted by atomic mass is 10.2. The van der Waals surface area contributed by atoms with Gasteiger partial charge in [0.05, 0.1) is 0 Å². The average molecular weight is 262 g/mol. The van der Waals surface area contributed by atoms with E-state index in [-0.39, 0.29) is 25.9 Å². The third-order valence-corrected chi connectivity index (χ3v) is 2.04. The number of esters is 2. The highest BCUT2D eigenvalue weighted by Crippen LogP contribution is 2.03. The van der Waals surface area contributed by atoms with E-state index in [2.05, 4.69) is 0 Å². The van der Waals surface area contributed by atoms with Crippen LogP contribution in [0.3, 0.4) is 0 Å². The molecule has 18 heavy (non-hydrogen) atoms. The van der Waals surface area contributed by atoms with Crippen LogP contribution in [0.25, 0.3) is 0 Å². The first kappa shape index (κ1) is 16.8. The van der Waals surface area contributed by atoms with Gasteiger partial charge in [-0.25, -0.2) is 0 Å². The van der Waals surface area contributed by atoms with Crippen molar-refractivity contribution in [1.82, 2.24) is 0 Å². The number of carbonyl (C=O) groups excluding carboxylic acids is 2. The van der Waals surface area contributed by atoms with Gasteiger partial charge < -0.3 is 20.9 Å². The number of unbranched alkanes of at least 4 members (excludes halogenated alkanes) is 1. The van der Waals surface area contributed by atoms with Crippen LogP contribution in [-0.2, 0) is 19.1 Å². The Hall–Kier alpha value is -1.22. The Labute approximate surface area is 106 Å². The number of rotatable bonds is 9. The van der Waals surface area contributed by atoms with Crippen molar-refractivity contribution in [1.29, 1.82) is 0 Å². The monoisotopic (exact) mass is 262 g/mol. The minimum absolute atomic E-state index is 0.0784. The Balaban J connectivity index is 3.55. The van der Waals surface area contributed by atoms with E-state index in [4.69, 9.17) is 32.4 Å². The molecule has 0 spiro atoms. The first-order valence-corrected chi connectivity index (χ1v) is 5.79. The molecule has 0 aliphatic heterocycles. The van der Waals surface area contributed by atoms with Gasteiger partial charge in [-0.3, -0.25) is 21.1 Å². The standard InChI is InChI=1S/C10H22N4O4/c11-5-7(13)17-9(15)3-1-2-4-10(16)18-8(14)6-12/h7-8H,1-6,11-14H2. The van der Waals surface area contributed by atoms with Crippen LogP contribution < -0.4 is 22.9 Å². The zero-order chi connectivity index (χ0) is 14.0. The van der Waals surface area contributed by atoms with Crippen molar-refractivity contribution in [2.45, 2.75) is 38.1 Å². The molecule has 0 aromatic carbocycles. The van der Waals surface area contributed by atoms with Crippen LogP contribution in [0.2, 0.25) is 0 Å². The van der Waals surface area contributed by atoms with Gasteiger partial charge in [0.25, 0.3) is 0 Å². The number of carbonyl (C=O) groups is 2. The lowest BCUT2D eigenvalue weighted by Crippen LogP contribution is -2.34. The maximum Gasteiger partial charge on any atom is 0.307 e. The van der Waals surface area contributed by atoms with Crippen LogP contribution in [0.5, 0.6) is 0 Å². The average Bonchev–Trinajstić information content (AvgIpc) is 2.34. The number of hydrogen-bond donors (Lipinski definition) is 4. The summed E-state index contributed by atoms with van der Waals surface area (Å²) < 4.78 is 9.50. The minimum Gasteiger partial charge on any atom is -0.445 e. The molecule has 8 heteroatoms. The van der Waals surface area contributed by atoms with E-state index < -0.39 is 24.4 Å². The van der Waals surface area contributed by atoms with Gasteiger partial charge in [0.15, 0.2) is 12.5 Å². The predicted octanol–water partition coefficient (Wildman–Crippen LogP) is -1.88. The summed E-state index contributed by atoms with van der Waals surface area (Å²) in [5.74, 6) is -0.861. The molecule has 0 heterocycles. The third-order valence-electron chi connectivity index (χ3n) is 2.04. The molecule has 2 unspecified atom stereocenters. The Bertz CT molecular complexity index is 236. The Morgan fingerprint density at radius 2 is 1.17 bits per heavy atom. The fraction of sp³-hybridized carbons (Fsp3) is 0.800. The quantitative estimate of drug-likeness (QED) is 0.213. The highest BCUT2D eigenvalue weighted by Gasteiger charge is 2.10. The molecule has 0 saturated carbocycles. The predicted molar refractivity (Wildman–Crippen MR) is 64.7 cm³/mol. The molecule has 0 aromatic heterocycles. The van der Waals surface area contributed by atoms with Gasteiger partial charge in [-0.05, 0) is 12.8 Å². The van der Waals surface area contributed by atoms with Gasteiger partial charge >= 0.3 is 11.9 Å². The van der Waals surface area contributed by atoms with E-state index >= 15 is 0 Å². The van der Waals surface area contributed by atoms with Gasteiger partial charge in [0.1, 0.15) is 0 Å². The smallest absolute Gasteiger partial charge is 0.307 e. The largest absolute Gasteiger partial charge is 0.445 e. The molecule has 0 bridgehead atoms. The van der Waals surface area contributed by atoms with E-state index in [1.165, 1.54) is 0 Å². The van der Waals surface area contributed by atoms with Crippen LogP contribution in [0.4, 0.5) is 0 Å². The third kappa shape index (κ3) is 8.88. The highest BCUT2D eigenvalue weighted by atomic mass is 16.6. The van der Waals surface area contributed by atoms with Crippen LogP contribution in [0, 0.1) is 0 Å². The zero-order valence-corrected chi connectivity index (χ0v) is 10.3. The fourth-order valence-corrected chi connectivity index (χ4v) is 1.09. The van der Waals surface area contributed by atoms with Crippen molar-refractivity contribution in [2.24, 2.45) is 22.9 Å². The van der Waals surface area contributed by atoms with Gasteiger partial charge in [0, 0.05) is 25.9 Å². The van der Waals surface area contributed by atoms with Crippen molar-refractivity contribution in [3.8, 4) is 0 Å². The van der Waals surface area contributed by atoms with E-state index in [9.17, 15) is 9.59 Å². The van der Waals surface area contributed by atoms with E-state index in [1.54, 1.807) is 0 Å². The molecule has 0 saturated heterocycles. The second-order valence-electron chi connectivity index (χ2n) is 3.74. The van der Waals surface area contributed by atoms with Gasteiger partial charge in [0.2, 0.25) is 0 Å². The summed E-state index contributed by atoms with van der Waals surface area (Å²) in [5, 5.41) is 0. The maximum absolute atomic E-state index is 11.2. The molecule has 0 radical (unpaired) electrons. The highest BCUT2D eigenvalue weighted by molar-refractivity contribution is 5.70. The lowest BCUT2D eigenvalue weighted by molar-refractivity contribution is -0.150. The van der Waals surface area contributed by atoms with Crippen molar-refractivity contribution in [2.75, 3.05) is 13.1 Å². The molecule has 8 N–H and O–H groups in total. The number of hydrogen-bond acceptors (Lipinski definition) is 8. The summed E-state index contributed by atoms with van der Waals surface area (Å²) >= 11 is 0. The first-order chi connectivity index (χ1) is 8.49. The number of nitrogens with two attached hydrogens (primary N) is 4.